The van der Waals surface area contributed by atoms with Crippen molar-refractivity contribution in [2.75, 3.05) is 23.0 Å². The van der Waals surface area contributed by atoms with Gasteiger partial charge >= 0.3 is 0 Å². The number of hydrogen-bond acceptors (Lipinski definition) is 3. The molecule has 88 valence electrons. The van der Waals surface area contributed by atoms with Gasteiger partial charge in [-0.05, 0) is 17.7 Å². The van der Waals surface area contributed by atoms with E-state index in [-0.39, 0.29) is 0 Å². The molecule has 1 atom stereocenters. The molecule has 2 aliphatic rings. The van der Waals surface area contributed by atoms with E-state index in [0.717, 1.165) is 17.1 Å². The van der Waals surface area contributed by atoms with E-state index in [1.165, 1.54) is 11.3 Å². The second-order valence-corrected chi connectivity index (χ2v) is 5.36. The maximum Gasteiger partial charge on any atom is 0.165 e. The van der Waals surface area contributed by atoms with Crippen LogP contribution in [-0.4, -0.2) is 18.0 Å². The predicted molar refractivity (Wildman–Crippen MR) is 75.2 cm³/mol. The quantitative estimate of drug-likeness (QED) is 0.798. The van der Waals surface area contributed by atoms with Crippen molar-refractivity contribution >= 4 is 28.3 Å². The number of nitrogens with zero attached hydrogens (tertiary/aromatic N) is 1. The van der Waals surface area contributed by atoms with Crippen LogP contribution in [0.15, 0.2) is 30.0 Å². The number of hydrogen-bond donors (Lipinski definition) is 2. The van der Waals surface area contributed by atoms with Crippen LogP contribution in [0.4, 0.5) is 11.4 Å². The Morgan fingerprint density at radius 3 is 3.06 bits per heavy atom. The molecule has 0 amide bonds. The van der Waals surface area contributed by atoms with Gasteiger partial charge in [-0.15, -0.1) is 0 Å². The molecule has 1 unspecified atom stereocenters. The summed E-state index contributed by atoms with van der Waals surface area (Å²) in [6.45, 7) is 2.22. The summed E-state index contributed by atoms with van der Waals surface area (Å²) in [5.74, 6) is 1.36. The highest BCUT2D eigenvalue weighted by Crippen LogP contribution is 2.43. The lowest BCUT2D eigenvalue weighted by Gasteiger charge is -2.29. The van der Waals surface area contributed by atoms with Crippen LogP contribution in [0.2, 0.25) is 0 Å². The Morgan fingerprint density at radius 2 is 2.29 bits per heavy atom. The number of benzene rings is 1. The Morgan fingerprint density at radius 1 is 1.47 bits per heavy atom. The van der Waals surface area contributed by atoms with Gasteiger partial charge in [0.1, 0.15) is 0 Å². The van der Waals surface area contributed by atoms with Crippen molar-refractivity contribution in [3.05, 3.63) is 35.5 Å². The van der Waals surface area contributed by atoms with E-state index in [1.807, 2.05) is 7.05 Å². The van der Waals surface area contributed by atoms with Gasteiger partial charge in [-0.1, -0.05) is 30.8 Å². The Hall–Kier alpha value is -1.42. The van der Waals surface area contributed by atoms with E-state index in [4.69, 9.17) is 5.41 Å². The number of thioether (sulfide) groups is 1. The van der Waals surface area contributed by atoms with Gasteiger partial charge in [0.15, 0.2) is 5.17 Å². The van der Waals surface area contributed by atoms with Crippen LogP contribution in [0.5, 0.6) is 0 Å². The maximum atomic E-state index is 8.03. The van der Waals surface area contributed by atoms with Crippen LogP contribution in [0.25, 0.3) is 0 Å². The number of fused-ring (bicyclic) bond motifs is 3. The first-order valence-electron chi connectivity index (χ1n) is 5.74. The number of anilines is 2. The molecule has 0 radical (unpaired) electrons. The molecule has 1 fully saturated rings. The molecule has 1 aromatic carbocycles. The molecule has 3 rings (SSSR count). The lowest BCUT2D eigenvalue weighted by Crippen LogP contribution is -2.26. The number of nitrogens with one attached hydrogen (secondary N) is 2. The topological polar surface area (TPSA) is 39.1 Å². The van der Waals surface area contributed by atoms with Crippen LogP contribution in [0, 0.1) is 5.41 Å². The van der Waals surface area contributed by atoms with Crippen molar-refractivity contribution in [1.29, 1.82) is 5.41 Å². The molecule has 0 spiro atoms. The fraction of sp³-hybridized carbons (Fsp3) is 0.308. The van der Waals surface area contributed by atoms with E-state index < -0.39 is 0 Å². The third-order valence-electron chi connectivity index (χ3n) is 3.34. The monoisotopic (exact) mass is 245 g/mol. The van der Waals surface area contributed by atoms with Crippen molar-refractivity contribution in [3.8, 4) is 0 Å². The van der Waals surface area contributed by atoms with Crippen LogP contribution < -0.4 is 10.2 Å². The first-order chi connectivity index (χ1) is 8.20. The largest absolute Gasteiger partial charge is 0.388 e. The van der Waals surface area contributed by atoms with Gasteiger partial charge in [0.25, 0.3) is 0 Å². The molecule has 0 aromatic heterocycles. The Bertz CT molecular complexity index is 521. The van der Waals surface area contributed by atoms with E-state index >= 15 is 0 Å². The van der Waals surface area contributed by atoms with Gasteiger partial charge in [0, 0.05) is 30.1 Å². The van der Waals surface area contributed by atoms with Gasteiger partial charge in [-0.2, -0.15) is 0 Å². The summed E-state index contributed by atoms with van der Waals surface area (Å²) in [6, 6.07) is 6.40. The highest BCUT2D eigenvalue weighted by Gasteiger charge is 2.31. The van der Waals surface area contributed by atoms with Crippen molar-refractivity contribution in [2.45, 2.75) is 12.8 Å². The molecule has 0 bridgehead atoms. The highest BCUT2D eigenvalue weighted by molar-refractivity contribution is 8.14. The van der Waals surface area contributed by atoms with Gasteiger partial charge in [0.2, 0.25) is 0 Å². The lowest BCUT2D eigenvalue weighted by atomic mass is 9.93. The normalized spacial score (nSPS) is 22.0. The molecule has 2 N–H and O–H groups in total. The molecule has 3 nitrogen and oxygen atoms in total. The summed E-state index contributed by atoms with van der Waals surface area (Å²) in [6.07, 6.45) is 2.27. The zero-order valence-corrected chi connectivity index (χ0v) is 10.8. The molecule has 17 heavy (non-hydrogen) atoms. The first kappa shape index (κ1) is 10.7. The molecular weight excluding hydrogens is 230 g/mol. The summed E-state index contributed by atoms with van der Waals surface area (Å²) >= 11 is 1.60. The van der Waals surface area contributed by atoms with Crippen molar-refractivity contribution in [1.82, 2.24) is 0 Å². The minimum Gasteiger partial charge on any atom is -0.388 e. The van der Waals surface area contributed by atoms with Gasteiger partial charge in [-0.25, -0.2) is 0 Å². The Labute approximate surface area is 105 Å². The first-order valence-corrected chi connectivity index (χ1v) is 6.73. The molecule has 0 aliphatic carbocycles. The standard InChI is InChI=1S/C13H15N3S/c1-8-5-10-7-17-13(14)16(10)12-6-9(15-2)3-4-11(8)12/h3-6,8,14-15H,7H2,1-2H3. The van der Waals surface area contributed by atoms with E-state index in [2.05, 4.69) is 41.4 Å². The summed E-state index contributed by atoms with van der Waals surface area (Å²) in [7, 11) is 1.93. The van der Waals surface area contributed by atoms with Crippen molar-refractivity contribution < 1.29 is 0 Å². The fourth-order valence-electron chi connectivity index (χ4n) is 2.44. The summed E-state index contributed by atoms with van der Waals surface area (Å²) in [4.78, 5) is 2.07. The van der Waals surface area contributed by atoms with Crippen LogP contribution in [0.1, 0.15) is 18.4 Å². The Kier molecular flexibility index (Phi) is 2.40. The SMILES string of the molecule is CNc1ccc2c(c1)N1C(=N)SCC1=CC2C. The van der Waals surface area contributed by atoms with Crippen LogP contribution in [0.3, 0.4) is 0 Å². The Balaban J connectivity index is 2.17. The molecule has 1 saturated heterocycles. The van der Waals surface area contributed by atoms with Crippen LogP contribution in [-0.2, 0) is 0 Å². The lowest BCUT2D eigenvalue weighted by molar-refractivity contribution is 0.915. The smallest absolute Gasteiger partial charge is 0.165 e. The summed E-state index contributed by atoms with van der Waals surface area (Å²) < 4.78 is 0. The van der Waals surface area contributed by atoms with Crippen molar-refractivity contribution in [2.24, 2.45) is 0 Å². The van der Waals surface area contributed by atoms with Crippen LogP contribution >= 0.6 is 11.8 Å². The second kappa shape index (κ2) is 3.81. The minimum absolute atomic E-state index is 0.439. The summed E-state index contributed by atoms with van der Waals surface area (Å²) in [5, 5.41) is 11.8. The minimum atomic E-state index is 0.439. The predicted octanol–water partition coefficient (Wildman–Crippen LogP) is 3.22. The number of rotatable bonds is 1. The maximum absolute atomic E-state index is 8.03. The molecule has 2 heterocycles. The van der Waals surface area contributed by atoms with Gasteiger partial charge in [-0.3, -0.25) is 10.3 Å². The van der Waals surface area contributed by atoms with E-state index in [0.29, 0.717) is 11.1 Å². The van der Waals surface area contributed by atoms with E-state index in [9.17, 15) is 0 Å². The molecule has 4 heteroatoms. The molecule has 2 aliphatic heterocycles. The average Bonchev–Trinajstić information content (AvgIpc) is 2.70. The number of allylic oxidation sites excluding steroid dienone is 1. The highest BCUT2D eigenvalue weighted by atomic mass is 32.2. The van der Waals surface area contributed by atoms with Gasteiger partial charge < -0.3 is 5.32 Å². The molecule has 1 aromatic rings. The molecule has 0 saturated carbocycles. The zero-order valence-electron chi connectivity index (χ0n) is 9.95. The third-order valence-corrected chi connectivity index (χ3v) is 4.24. The zero-order chi connectivity index (χ0) is 12.0. The van der Waals surface area contributed by atoms with Crippen molar-refractivity contribution in [3.63, 3.8) is 0 Å². The molecular formula is C13H15N3S. The second-order valence-electron chi connectivity index (χ2n) is 4.40. The van der Waals surface area contributed by atoms with Gasteiger partial charge in [0.05, 0.1) is 5.69 Å². The fourth-order valence-corrected chi connectivity index (χ4v) is 3.30. The average molecular weight is 245 g/mol. The summed E-state index contributed by atoms with van der Waals surface area (Å²) in [5.41, 5.74) is 4.83. The third kappa shape index (κ3) is 1.55. The number of amidine groups is 1. The van der Waals surface area contributed by atoms with E-state index in [1.54, 1.807) is 11.8 Å².